The van der Waals surface area contributed by atoms with Gasteiger partial charge < -0.3 is 15.7 Å². The van der Waals surface area contributed by atoms with Gasteiger partial charge in [-0.25, -0.2) is 9.78 Å². The third-order valence-electron chi connectivity index (χ3n) is 2.10. The Labute approximate surface area is 107 Å². The van der Waals surface area contributed by atoms with Gasteiger partial charge >= 0.3 is 5.97 Å². The Morgan fingerprint density at radius 2 is 2.21 bits per heavy atom. The summed E-state index contributed by atoms with van der Waals surface area (Å²) >= 11 is 0. The van der Waals surface area contributed by atoms with Crippen LogP contribution in [-0.2, 0) is 4.79 Å². The van der Waals surface area contributed by atoms with Crippen molar-refractivity contribution < 1.29 is 19.6 Å². The number of likely N-dealkylation sites (N-methyl/N-ethyl adjacent to an activating group) is 1. The van der Waals surface area contributed by atoms with Gasteiger partial charge in [0, 0.05) is 12.6 Å². The third kappa shape index (κ3) is 3.91. The van der Waals surface area contributed by atoms with Crippen LogP contribution in [0.25, 0.3) is 0 Å². The highest BCUT2D eigenvalue weighted by Crippen LogP contribution is 2.18. The van der Waals surface area contributed by atoms with Crippen LogP contribution in [0.2, 0.25) is 0 Å². The fourth-order valence-electron chi connectivity index (χ4n) is 1.28. The van der Waals surface area contributed by atoms with Gasteiger partial charge in [-0.1, -0.05) is 0 Å². The average molecular weight is 268 g/mol. The van der Waals surface area contributed by atoms with Gasteiger partial charge in [-0.2, -0.15) is 0 Å². The number of nitro groups is 1. The molecule has 0 radical (unpaired) electrons. The van der Waals surface area contributed by atoms with Gasteiger partial charge in [-0.05, 0) is 6.92 Å². The lowest BCUT2D eigenvalue weighted by Gasteiger charge is -2.08. The molecule has 0 fully saturated rings. The molecule has 102 valence electrons. The molecule has 1 aromatic heterocycles. The van der Waals surface area contributed by atoms with Crippen LogP contribution in [0.1, 0.15) is 17.3 Å². The number of amides is 1. The number of nitrogens with zero attached hydrogens (tertiary/aromatic N) is 2. The monoisotopic (exact) mass is 268 g/mol. The molecule has 19 heavy (non-hydrogen) atoms. The van der Waals surface area contributed by atoms with Crippen molar-refractivity contribution in [3.63, 3.8) is 0 Å². The highest BCUT2D eigenvalue weighted by molar-refractivity contribution is 5.94. The normalized spacial score (nSPS) is 9.74. The van der Waals surface area contributed by atoms with E-state index in [-0.39, 0.29) is 23.8 Å². The molecule has 0 saturated carbocycles. The highest BCUT2D eigenvalue weighted by Gasteiger charge is 2.17. The summed E-state index contributed by atoms with van der Waals surface area (Å²) in [4.78, 5) is 35.6. The van der Waals surface area contributed by atoms with Crippen molar-refractivity contribution in [3.05, 3.63) is 27.9 Å². The Morgan fingerprint density at radius 1 is 1.53 bits per heavy atom. The first-order valence-corrected chi connectivity index (χ1v) is 5.34. The first-order valence-electron chi connectivity index (χ1n) is 5.34. The molecule has 0 saturated heterocycles. The van der Waals surface area contributed by atoms with Crippen LogP contribution < -0.4 is 10.6 Å². The average Bonchev–Trinajstić information content (AvgIpc) is 2.36. The van der Waals surface area contributed by atoms with E-state index < -0.39 is 16.6 Å². The number of nitrogens with one attached hydrogen (secondary N) is 2. The summed E-state index contributed by atoms with van der Waals surface area (Å²) in [5.41, 5.74) is -0.792. The number of rotatable bonds is 6. The van der Waals surface area contributed by atoms with Crippen molar-refractivity contribution in [2.24, 2.45) is 0 Å². The molecule has 9 nitrogen and oxygen atoms in total. The SMILES string of the molecule is CCNC(=O)CNc1ncc([N+](=O)[O-])cc1C(=O)O. The predicted octanol–water partition coefficient (Wildman–Crippen LogP) is 0.236. The summed E-state index contributed by atoms with van der Waals surface area (Å²) in [6.07, 6.45) is 0.923. The molecule has 1 aromatic rings. The van der Waals surface area contributed by atoms with Crippen LogP contribution in [-0.4, -0.2) is 40.0 Å². The van der Waals surface area contributed by atoms with Crippen LogP contribution in [0.4, 0.5) is 11.5 Å². The second-order valence-electron chi connectivity index (χ2n) is 3.46. The van der Waals surface area contributed by atoms with Crippen molar-refractivity contribution in [2.75, 3.05) is 18.4 Å². The summed E-state index contributed by atoms with van der Waals surface area (Å²) in [5.74, 6) is -1.79. The van der Waals surface area contributed by atoms with Crippen molar-refractivity contribution in [2.45, 2.75) is 6.92 Å². The molecule has 3 N–H and O–H groups in total. The fraction of sp³-hybridized carbons (Fsp3) is 0.300. The van der Waals surface area contributed by atoms with E-state index in [4.69, 9.17) is 5.11 Å². The van der Waals surface area contributed by atoms with Crippen molar-refractivity contribution in [1.29, 1.82) is 0 Å². The Bertz CT molecular complexity index is 517. The molecule has 0 unspecified atom stereocenters. The lowest BCUT2D eigenvalue weighted by Crippen LogP contribution is -2.30. The first-order chi connectivity index (χ1) is 8.95. The van der Waals surface area contributed by atoms with Crippen LogP contribution in [0.3, 0.4) is 0 Å². The minimum Gasteiger partial charge on any atom is -0.478 e. The molecule has 0 aliphatic carbocycles. The van der Waals surface area contributed by atoms with Crippen LogP contribution in [0.5, 0.6) is 0 Å². The lowest BCUT2D eigenvalue weighted by molar-refractivity contribution is -0.385. The maximum atomic E-state index is 11.2. The van der Waals surface area contributed by atoms with E-state index in [9.17, 15) is 19.7 Å². The predicted molar refractivity (Wildman–Crippen MR) is 65.0 cm³/mol. The van der Waals surface area contributed by atoms with Crippen molar-refractivity contribution in [3.8, 4) is 0 Å². The van der Waals surface area contributed by atoms with Gasteiger partial charge in [-0.3, -0.25) is 14.9 Å². The Balaban J connectivity index is 2.91. The van der Waals surface area contributed by atoms with E-state index in [0.717, 1.165) is 12.3 Å². The molecular weight excluding hydrogens is 256 g/mol. The van der Waals surface area contributed by atoms with Crippen LogP contribution in [0.15, 0.2) is 12.3 Å². The molecular formula is C10H12N4O5. The van der Waals surface area contributed by atoms with Crippen molar-refractivity contribution >= 4 is 23.4 Å². The Hall–Kier alpha value is -2.71. The number of carboxylic acids is 1. The van der Waals surface area contributed by atoms with Crippen LogP contribution >= 0.6 is 0 Å². The molecule has 0 aliphatic heterocycles. The molecule has 1 amide bonds. The van der Waals surface area contributed by atoms with Gasteiger partial charge in [0.15, 0.2) is 0 Å². The zero-order chi connectivity index (χ0) is 14.4. The van der Waals surface area contributed by atoms with Gasteiger partial charge in [0.1, 0.15) is 17.6 Å². The second kappa shape index (κ2) is 6.28. The fourth-order valence-corrected chi connectivity index (χ4v) is 1.28. The molecule has 0 bridgehead atoms. The van der Waals surface area contributed by atoms with E-state index in [1.54, 1.807) is 6.92 Å². The summed E-state index contributed by atoms with van der Waals surface area (Å²) in [7, 11) is 0. The minimum atomic E-state index is -1.37. The van der Waals surface area contributed by atoms with E-state index in [0.29, 0.717) is 6.54 Å². The largest absolute Gasteiger partial charge is 0.478 e. The summed E-state index contributed by atoms with van der Waals surface area (Å²) in [6.45, 7) is 2.02. The number of aromatic nitrogens is 1. The first kappa shape index (κ1) is 14.4. The molecule has 0 aromatic carbocycles. The molecule has 0 aliphatic rings. The zero-order valence-electron chi connectivity index (χ0n) is 10.0. The summed E-state index contributed by atoms with van der Waals surface area (Å²) < 4.78 is 0. The number of pyridine rings is 1. The number of carbonyl (C=O) groups is 2. The number of aromatic carboxylic acids is 1. The Kier molecular flexibility index (Phi) is 4.75. The van der Waals surface area contributed by atoms with Gasteiger partial charge in [0.05, 0.1) is 11.5 Å². The number of anilines is 1. The van der Waals surface area contributed by atoms with E-state index in [1.807, 2.05) is 0 Å². The molecule has 9 heteroatoms. The molecule has 0 spiro atoms. The molecule has 0 atom stereocenters. The summed E-state index contributed by atoms with van der Waals surface area (Å²) in [5, 5.41) is 24.5. The van der Waals surface area contributed by atoms with Gasteiger partial charge in [-0.15, -0.1) is 0 Å². The highest BCUT2D eigenvalue weighted by atomic mass is 16.6. The lowest BCUT2D eigenvalue weighted by atomic mass is 10.2. The second-order valence-corrected chi connectivity index (χ2v) is 3.46. The van der Waals surface area contributed by atoms with E-state index >= 15 is 0 Å². The van der Waals surface area contributed by atoms with Gasteiger partial charge in [0.2, 0.25) is 5.91 Å². The topological polar surface area (TPSA) is 134 Å². The van der Waals surface area contributed by atoms with Gasteiger partial charge in [0.25, 0.3) is 5.69 Å². The van der Waals surface area contributed by atoms with Crippen molar-refractivity contribution in [1.82, 2.24) is 10.3 Å². The molecule has 1 rings (SSSR count). The van der Waals surface area contributed by atoms with Crippen LogP contribution in [0, 0.1) is 10.1 Å². The molecule has 1 heterocycles. The standard InChI is InChI=1S/C10H12N4O5/c1-2-11-8(15)5-13-9-7(10(16)17)3-6(4-12-9)14(18)19/h3-4H,2,5H2,1H3,(H,11,15)(H,12,13)(H,16,17). The zero-order valence-corrected chi connectivity index (χ0v) is 10.0. The number of hydrogen-bond donors (Lipinski definition) is 3. The summed E-state index contributed by atoms with van der Waals surface area (Å²) in [6, 6.07) is 0.884. The number of hydrogen-bond acceptors (Lipinski definition) is 6. The maximum absolute atomic E-state index is 11.2. The Morgan fingerprint density at radius 3 is 2.74 bits per heavy atom. The number of carboxylic acid groups (broad SMARTS) is 1. The minimum absolute atomic E-state index is 0.0932. The van der Waals surface area contributed by atoms with E-state index in [1.165, 1.54) is 0 Å². The maximum Gasteiger partial charge on any atom is 0.339 e. The third-order valence-corrected chi connectivity index (χ3v) is 2.10. The number of carbonyl (C=O) groups excluding carboxylic acids is 1. The smallest absolute Gasteiger partial charge is 0.339 e. The quantitative estimate of drug-likeness (QED) is 0.496. The van der Waals surface area contributed by atoms with E-state index in [2.05, 4.69) is 15.6 Å².